The maximum atomic E-state index is 6.08. The van der Waals surface area contributed by atoms with Crippen LogP contribution in [0.5, 0.6) is 0 Å². The second-order valence-corrected chi connectivity index (χ2v) is 4.54. The largest absolute Gasteiger partial charge is 0.309 e. The fourth-order valence-electron chi connectivity index (χ4n) is 1.51. The predicted molar refractivity (Wildman–Crippen MR) is 71.2 cm³/mol. The summed E-state index contributed by atoms with van der Waals surface area (Å²) in [7, 11) is 0. The molecule has 0 fully saturated rings. The molecule has 0 aliphatic heterocycles. The highest BCUT2D eigenvalue weighted by Gasteiger charge is 2.00. The Morgan fingerprint density at radius 1 is 1.00 bits per heavy atom. The molecule has 0 aliphatic carbocycles. The van der Waals surface area contributed by atoms with Gasteiger partial charge in [0.05, 0.1) is 0 Å². The Morgan fingerprint density at radius 2 is 1.76 bits per heavy atom. The molecule has 1 heterocycles. The number of pyridine rings is 1. The van der Waals surface area contributed by atoms with Crippen LogP contribution in [0.1, 0.15) is 11.1 Å². The Kier molecular flexibility index (Phi) is 4.37. The van der Waals surface area contributed by atoms with Gasteiger partial charge >= 0.3 is 0 Å². The van der Waals surface area contributed by atoms with E-state index in [4.69, 9.17) is 23.2 Å². The normalized spacial score (nSPS) is 10.5. The molecule has 88 valence electrons. The van der Waals surface area contributed by atoms with Crippen LogP contribution in [0.4, 0.5) is 0 Å². The molecule has 0 unspecified atom stereocenters. The van der Waals surface area contributed by atoms with Crippen molar-refractivity contribution in [3.63, 3.8) is 0 Å². The van der Waals surface area contributed by atoms with Crippen molar-refractivity contribution in [1.29, 1.82) is 0 Å². The van der Waals surface area contributed by atoms with Crippen LogP contribution in [0.3, 0.4) is 0 Å². The lowest BCUT2D eigenvalue weighted by Crippen LogP contribution is -2.12. The van der Waals surface area contributed by atoms with Crippen molar-refractivity contribution in [3.8, 4) is 0 Å². The SMILES string of the molecule is Clc1ccc(CNCc2ccncc2)c(Cl)c1. The lowest BCUT2D eigenvalue weighted by Gasteiger charge is -2.07. The zero-order valence-electron chi connectivity index (χ0n) is 9.16. The Balaban J connectivity index is 1.90. The van der Waals surface area contributed by atoms with E-state index >= 15 is 0 Å². The number of nitrogens with zero attached hydrogens (tertiary/aromatic N) is 1. The van der Waals surface area contributed by atoms with Crippen molar-refractivity contribution < 1.29 is 0 Å². The summed E-state index contributed by atoms with van der Waals surface area (Å²) in [6.45, 7) is 1.51. The van der Waals surface area contributed by atoms with Crippen LogP contribution >= 0.6 is 23.2 Å². The zero-order valence-corrected chi connectivity index (χ0v) is 10.7. The maximum Gasteiger partial charge on any atom is 0.0465 e. The van der Waals surface area contributed by atoms with Crippen LogP contribution in [0.25, 0.3) is 0 Å². The van der Waals surface area contributed by atoms with Crippen molar-refractivity contribution in [3.05, 3.63) is 63.9 Å². The molecule has 0 aliphatic rings. The van der Waals surface area contributed by atoms with E-state index < -0.39 is 0 Å². The van der Waals surface area contributed by atoms with Crippen LogP contribution in [-0.2, 0) is 13.1 Å². The smallest absolute Gasteiger partial charge is 0.0465 e. The second kappa shape index (κ2) is 6.01. The Hall–Kier alpha value is -1.09. The molecule has 2 nitrogen and oxygen atoms in total. The van der Waals surface area contributed by atoms with Crippen LogP contribution in [-0.4, -0.2) is 4.98 Å². The van der Waals surface area contributed by atoms with E-state index in [1.54, 1.807) is 18.5 Å². The summed E-state index contributed by atoms with van der Waals surface area (Å²) in [6, 6.07) is 9.50. The van der Waals surface area contributed by atoms with E-state index in [1.165, 1.54) is 5.56 Å². The standard InChI is InChI=1S/C13H12Cl2N2/c14-12-2-1-11(13(15)7-12)9-17-8-10-3-5-16-6-4-10/h1-7,17H,8-9H2. The van der Waals surface area contributed by atoms with Crippen molar-refractivity contribution in [2.24, 2.45) is 0 Å². The number of hydrogen-bond donors (Lipinski definition) is 1. The van der Waals surface area contributed by atoms with Gasteiger partial charge in [-0.15, -0.1) is 0 Å². The third kappa shape index (κ3) is 3.70. The third-order valence-corrected chi connectivity index (χ3v) is 3.00. The topological polar surface area (TPSA) is 24.9 Å². The van der Waals surface area contributed by atoms with Crippen molar-refractivity contribution in [2.75, 3.05) is 0 Å². The first-order valence-electron chi connectivity index (χ1n) is 5.29. The van der Waals surface area contributed by atoms with Gasteiger partial charge in [-0.1, -0.05) is 29.3 Å². The first-order valence-corrected chi connectivity index (χ1v) is 6.05. The predicted octanol–water partition coefficient (Wildman–Crippen LogP) is 3.68. The summed E-state index contributed by atoms with van der Waals surface area (Å²) < 4.78 is 0. The zero-order chi connectivity index (χ0) is 12.1. The highest BCUT2D eigenvalue weighted by molar-refractivity contribution is 6.35. The molecule has 1 aromatic carbocycles. The molecule has 4 heteroatoms. The lowest BCUT2D eigenvalue weighted by molar-refractivity contribution is 0.693. The fourth-order valence-corrected chi connectivity index (χ4v) is 1.98. The van der Waals surface area contributed by atoms with Gasteiger partial charge in [0.15, 0.2) is 0 Å². The van der Waals surface area contributed by atoms with E-state index in [-0.39, 0.29) is 0 Å². The highest BCUT2D eigenvalue weighted by atomic mass is 35.5. The fraction of sp³-hybridized carbons (Fsp3) is 0.154. The molecular weight excluding hydrogens is 255 g/mol. The van der Waals surface area contributed by atoms with Gasteiger partial charge in [0, 0.05) is 35.5 Å². The first-order chi connectivity index (χ1) is 8.25. The molecule has 0 saturated heterocycles. The number of hydrogen-bond acceptors (Lipinski definition) is 2. The van der Waals surface area contributed by atoms with Crippen LogP contribution in [0, 0.1) is 0 Å². The van der Waals surface area contributed by atoms with E-state index in [2.05, 4.69) is 10.3 Å². The van der Waals surface area contributed by atoms with Gasteiger partial charge in [-0.2, -0.15) is 0 Å². The van der Waals surface area contributed by atoms with E-state index in [0.29, 0.717) is 10.0 Å². The summed E-state index contributed by atoms with van der Waals surface area (Å²) in [5.74, 6) is 0. The van der Waals surface area contributed by atoms with Gasteiger partial charge in [-0.25, -0.2) is 0 Å². The van der Waals surface area contributed by atoms with E-state index in [0.717, 1.165) is 18.7 Å². The number of aromatic nitrogens is 1. The average molecular weight is 267 g/mol. The minimum absolute atomic E-state index is 0.660. The summed E-state index contributed by atoms with van der Waals surface area (Å²) in [5, 5.41) is 4.68. The molecule has 0 spiro atoms. The number of halogens is 2. The maximum absolute atomic E-state index is 6.08. The van der Waals surface area contributed by atoms with Crippen molar-refractivity contribution >= 4 is 23.2 Å². The lowest BCUT2D eigenvalue weighted by atomic mass is 10.2. The van der Waals surface area contributed by atoms with Gasteiger partial charge in [-0.3, -0.25) is 4.98 Å². The summed E-state index contributed by atoms with van der Waals surface area (Å²) in [4.78, 5) is 3.97. The molecule has 0 amide bonds. The molecule has 17 heavy (non-hydrogen) atoms. The molecule has 0 radical (unpaired) electrons. The highest BCUT2D eigenvalue weighted by Crippen LogP contribution is 2.20. The van der Waals surface area contributed by atoms with E-state index in [1.807, 2.05) is 24.3 Å². The Morgan fingerprint density at radius 3 is 2.47 bits per heavy atom. The second-order valence-electron chi connectivity index (χ2n) is 3.69. The molecule has 0 atom stereocenters. The van der Waals surface area contributed by atoms with E-state index in [9.17, 15) is 0 Å². The number of rotatable bonds is 4. The molecule has 0 bridgehead atoms. The van der Waals surface area contributed by atoms with Crippen LogP contribution < -0.4 is 5.32 Å². The van der Waals surface area contributed by atoms with Crippen molar-refractivity contribution in [1.82, 2.24) is 10.3 Å². The first kappa shape index (κ1) is 12.4. The van der Waals surface area contributed by atoms with Gasteiger partial charge in [0.25, 0.3) is 0 Å². The van der Waals surface area contributed by atoms with Gasteiger partial charge in [0.2, 0.25) is 0 Å². The van der Waals surface area contributed by atoms with Crippen molar-refractivity contribution in [2.45, 2.75) is 13.1 Å². The summed E-state index contributed by atoms with van der Waals surface area (Å²) in [5.41, 5.74) is 2.25. The van der Waals surface area contributed by atoms with Gasteiger partial charge in [0.1, 0.15) is 0 Å². The minimum atomic E-state index is 0.660. The average Bonchev–Trinajstić information content (AvgIpc) is 2.33. The quantitative estimate of drug-likeness (QED) is 0.914. The van der Waals surface area contributed by atoms with Gasteiger partial charge in [-0.05, 0) is 35.4 Å². The number of nitrogens with one attached hydrogen (secondary N) is 1. The monoisotopic (exact) mass is 266 g/mol. The van der Waals surface area contributed by atoms with Gasteiger partial charge < -0.3 is 5.32 Å². The summed E-state index contributed by atoms with van der Waals surface area (Å²) >= 11 is 11.9. The molecule has 2 aromatic rings. The summed E-state index contributed by atoms with van der Waals surface area (Å²) in [6.07, 6.45) is 3.57. The molecule has 1 aromatic heterocycles. The Bertz CT molecular complexity index is 486. The molecular formula is C13H12Cl2N2. The Labute approximate surface area is 111 Å². The molecule has 0 saturated carbocycles. The number of benzene rings is 1. The minimum Gasteiger partial charge on any atom is -0.309 e. The van der Waals surface area contributed by atoms with Crippen LogP contribution in [0.15, 0.2) is 42.7 Å². The molecule has 2 rings (SSSR count). The van der Waals surface area contributed by atoms with Crippen LogP contribution in [0.2, 0.25) is 10.0 Å². The third-order valence-electron chi connectivity index (χ3n) is 2.41. The molecule has 1 N–H and O–H groups in total.